The number of ether oxygens (including phenoxy) is 1. The third-order valence-electron chi connectivity index (χ3n) is 3.79. The van der Waals surface area contributed by atoms with Crippen LogP contribution in [0.1, 0.15) is 79.1 Å². The van der Waals surface area contributed by atoms with Crippen molar-refractivity contribution in [3.63, 3.8) is 0 Å². The molecule has 0 aromatic carbocycles. The molecule has 0 radical (unpaired) electrons. The molecular formula is C16H38KO5P. The quantitative estimate of drug-likeness (QED) is 0.353. The van der Waals surface area contributed by atoms with E-state index in [-0.39, 0.29) is 51.4 Å². The summed E-state index contributed by atoms with van der Waals surface area (Å²) >= 11 is 0. The van der Waals surface area contributed by atoms with Crippen molar-refractivity contribution < 1.29 is 24.0 Å². The van der Waals surface area contributed by atoms with Crippen LogP contribution in [0.3, 0.4) is 0 Å². The van der Waals surface area contributed by atoms with Gasteiger partial charge in [0, 0.05) is 13.2 Å². The number of unbranched alkanes of at least 4 members (excludes halogenated alkanes) is 2. The molecule has 0 aliphatic carbocycles. The van der Waals surface area contributed by atoms with Crippen LogP contribution in [0.4, 0.5) is 0 Å². The fraction of sp³-hybridized carbons (Fsp3) is 1.00. The van der Waals surface area contributed by atoms with E-state index in [1.165, 1.54) is 51.4 Å². The molecule has 0 saturated carbocycles. The Balaban J connectivity index is -0.000000578. The Morgan fingerprint density at radius 2 is 1.13 bits per heavy atom. The Hall–Kier alpha value is 1.71. The summed E-state index contributed by atoms with van der Waals surface area (Å²) < 4.78 is 14.8. The van der Waals surface area contributed by atoms with Crippen LogP contribution in [0.25, 0.3) is 0 Å². The predicted octanol–water partition coefficient (Wildman–Crippen LogP) is 3.86. The van der Waals surface area contributed by atoms with Gasteiger partial charge in [0.15, 0.2) is 0 Å². The maximum atomic E-state index is 8.88. The molecule has 0 aliphatic rings. The fourth-order valence-electron chi connectivity index (χ4n) is 2.20. The minimum absolute atomic E-state index is 0. The molecule has 2 atom stereocenters. The van der Waals surface area contributed by atoms with Crippen molar-refractivity contribution in [1.82, 2.24) is 0 Å². The monoisotopic (exact) mass is 380 g/mol. The van der Waals surface area contributed by atoms with Crippen molar-refractivity contribution in [1.29, 1.82) is 0 Å². The molecule has 0 fully saturated rings. The minimum atomic E-state index is -4.64. The molecule has 5 nitrogen and oxygen atoms in total. The summed E-state index contributed by atoms with van der Waals surface area (Å²) in [4.78, 5) is 21.6. The molecule has 0 spiro atoms. The van der Waals surface area contributed by atoms with E-state index in [1.54, 1.807) is 0 Å². The Labute approximate surface area is 185 Å². The molecule has 138 valence electrons. The van der Waals surface area contributed by atoms with Crippen molar-refractivity contribution in [3.05, 3.63) is 0 Å². The molecule has 0 aliphatic heterocycles. The zero-order chi connectivity index (χ0) is 17.4. The Bertz CT molecular complexity index is 249. The molecule has 0 aromatic heterocycles. The number of phosphoric acid groups is 1. The molecule has 0 aromatic rings. The zero-order valence-electron chi connectivity index (χ0n) is 14.8. The number of hydrogen-bond acceptors (Lipinski definition) is 2. The van der Waals surface area contributed by atoms with Crippen molar-refractivity contribution in [3.8, 4) is 0 Å². The van der Waals surface area contributed by atoms with Gasteiger partial charge >= 0.3 is 59.2 Å². The summed E-state index contributed by atoms with van der Waals surface area (Å²) in [6, 6.07) is 0. The van der Waals surface area contributed by atoms with Gasteiger partial charge in [-0.05, 0) is 24.7 Å². The molecule has 0 bridgehead atoms. The summed E-state index contributed by atoms with van der Waals surface area (Å²) in [7, 11) is -4.64. The van der Waals surface area contributed by atoms with E-state index in [0.717, 1.165) is 25.0 Å². The SMILES string of the molecule is CCCCC(CC)COCC(CC)CCCC.O=P(O)(O)O.[KH]. The fourth-order valence-corrected chi connectivity index (χ4v) is 2.20. The average molecular weight is 381 g/mol. The first kappa shape index (κ1) is 29.5. The van der Waals surface area contributed by atoms with Crippen molar-refractivity contribution in [2.24, 2.45) is 11.8 Å². The van der Waals surface area contributed by atoms with Crippen LogP contribution in [0.15, 0.2) is 0 Å². The molecule has 7 heteroatoms. The van der Waals surface area contributed by atoms with Gasteiger partial charge < -0.3 is 19.4 Å². The van der Waals surface area contributed by atoms with Gasteiger partial charge in [0.2, 0.25) is 0 Å². The second-order valence-corrected chi connectivity index (χ2v) is 6.91. The van der Waals surface area contributed by atoms with E-state index in [1.807, 2.05) is 0 Å². The summed E-state index contributed by atoms with van der Waals surface area (Å²) in [5.41, 5.74) is 0. The van der Waals surface area contributed by atoms with Gasteiger partial charge in [-0.25, -0.2) is 4.57 Å². The van der Waals surface area contributed by atoms with E-state index >= 15 is 0 Å². The molecule has 3 N–H and O–H groups in total. The summed E-state index contributed by atoms with van der Waals surface area (Å²) in [6.07, 6.45) is 10.6. The van der Waals surface area contributed by atoms with Gasteiger partial charge in [-0.15, -0.1) is 0 Å². The molecule has 0 rings (SSSR count). The van der Waals surface area contributed by atoms with Crippen molar-refractivity contribution in [2.45, 2.75) is 79.1 Å². The van der Waals surface area contributed by atoms with E-state index in [0.29, 0.717) is 0 Å². The van der Waals surface area contributed by atoms with Gasteiger partial charge in [0.1, 0.15) is 0 Å². The first-order valence-electron chi connectivity index (χ1n) is 8.64. The number of hydrogen-bond donors (Lipinski definition) is 3. The average Bonchev–Trinajstić information content (AvgIpc) is 2.44. The van der Waals surface area contributed by atoms with E-state index in [2.05, 4.69) is 27.7 Å². The van der Waals surface area contributed by atoms with Gasteiger partial charge in [-0.2, -0.15) is 0 Å². The second kappa shape index (κ2) is 20.0. The topological polar surface area (TPSA) is 87.0 Å². The second-order valence-electron chi connectivity index (χ2n) is 5.88. The maximum absolute atomic E-state index is 8.88. The molecule has 0 heterocycles. The Morgan fingerprint density at radius 1 is 0.826 bits per heavy atom. The summed E-state index contributed by atoms with van der Waals surface area (Å²) in [6.45, 7) is 11.1. The van der Waals surface area contributed by atoms with Crippen LogP contribution in [0.2, 0.25) is 0 Å². The van der Waals surface area contributed by atoms with Gasteiger partial charge in [0.05, 0.1) is 0 Å². The van der Waals surface area contributed by atoms with Crippen LogP contribution < -0.4 is 0 Å². The molecule has 0 amide bonds. The first-order valence-corrected chi connectivity index (χ1v) is 10.2. The van der Waals surface area contributed by atoms with Gasteiger partial charge in [-0.1, -0.05) is 66.2 Å². The van der Waals surface area contributed by atoms with E-state index in [4.69, 9.17) is 24.0 Å². The normalized spacial score (nSPS) is 13.5. The molecule has 23 heavy (non-hydrogen) atoms. The van der Waals surface area contributed by atoms with Crippen LogP contribution in [-0.4, -0.2) is 79.3 Å². The van der Waals surface area contributed by atoms with Crippen LogP contribution in [0, 0.1) is 11.8 Å². The Kier molecular flexibility index (Phi) is 25.7. The summed E-state index contributed by atoms with van der Waals surface area (Å²) in [5.74, 6) is 1.58. The zero-order valence-corrected chi connectivity index (χ0v) is 15.7. The standard InChI is InChI=1S/C16H34O.K.H3O4P.H/c1-5-9-11-15(7-3)13-17-14-16(8-4)12-10-6-2;;1-5(2,3)4;/h15-16H,5-14H2,1-4H3;;(H3,1,2,3,4);. The molecule has 2 unspecified atom stereocenters. The summed E-state index contributed by atoms with van der Waals surface area (Å²) in [5, 5.41) is 0. The van der Waals surface area contributed by atoms with Crippen LogP contribution >= 0.6 is 7.82 Å². The Morgan fingerprint density at radius 3 is 1.35 bits per heavy atom. The van der Waals surface area contributed by atoms with Crippen molar-refractivity contribution >= 4 is 59.2 Å². The van der Waals surface area contributed by atoms with E-state index in [9.17, 15) is 0 Å². The first-order chi connectivity index (χ1) is 10.3. The van der Waals surface area contributed by atoms with Crippen LogP contribution in [-0.2, 0) is 9.30 Å². The van der Waals surface area contributed by atoms with E-state index < -0.39 is 7.82 Å². The number of rotatable bonds is 12. The third kappa shape index (κ3) is 28.8. The van der Waals surface area contributed by atoms with Crippen LogP contribution in [0.5, 0.6) is 0 Å². The van der Waals surface area contributed by atoms with Crippen molar-refractivity contribution in [2.75, 3.05) is 13.2 Å². The van der Waals surface area contributed by atoms with Gasteiger partial charge in [0.25, 0.3) is 0 Å². The van der Waals surface area contributed by atoms with Gasteiger partial charge in [-0.3, -0.25) is 0 Å². The molecular weight excluding hydrogens is 342 g/mol. The third-order valence-corrected chi connectivity index (χ3v) is 3.79. The molecule has 0 saturated heterocycles. The predicted molar refractivity (Wildman–Crippen MR) is 98.8 cm³/mol.